The third-order valence-electron chi connectivity index (χ3n) is 4.72. The SMILES string of the molecule is O=C(CCC1CCOC1)c1cc(COCC2CCCC2)on1. The minimum atomic E-state index is 0.0534. The summed E-state index contributed by atoms with van der Waals surface area (Å²) in [5.74, 6) is 1.91. The fourth-order valence-corrected chi connectivity index (χ4v) is 3.29. The van der Waals surface area contributed by atoms with Crippen molar-refractivity contribution in [3.8, 4) is 0 Å². The van der Waals surface area contributed by atoms with Crippen LogP contribution in [0.5, 0.6) is 0 Å². The zero-order valence-corrected chi connectivity index (χ0v) is 13.1. The van der Waals surface area contributed by atoms with E-state index >= 15 is 0 Å². The molecule has 1 saturated heterocycles. The second-order valence-electron chi connectivity index (χ2n) is 6.54. The van der Waals surface area contributed by atoms with Gasteiger partial charge in [0.25, 0.3) is 0 Å². The second-order valence-corrected chi connectivity index (χ2v) is 6.54. The molecule has 1 aliphatic heterocycles. The second kappa shape index (κ2) is 7.88. The van der Waals surface area contributed by atoms with Crippen LogP contribution >= 0.6 is 0 Å². The molecule has 2 heterocycles. The van der Waals surface area contributed by atoms with Crippen molar-refractivity contribution < 1.29 is 18.8 Å². The Hall–Kier alpha value is -1.20. The van der Waals surface area contributed by atoms with Crippen molar-refractivity contribution in [1.29, 1.82) is 0 Å². The average molecular weight is 307 g/mol. The average Bonchev–Trinajstić information content (AvgIpc) is 3.27. The zero-order valence-electron chi connectivity index (χ0n) is 13.1. The van der Waals surface area contributed by atoms with Crippen molar-refractivity contribution in [1.82, 2.24) is 5.16 Å². The van der Waals surface area contributed by atoms with Crippen molar-refractivity contribution in [2.24, 2.45) is 11.8 Å². The summed E-state index contributed by atoms with van der Waals surface area (Å²) in [7, 11) is 0. The number of ether oxygens (including phenoxy) is 2. The maximum absolute atomic E-state index is 12.1. The van der Waals surface area contributed by atoms with E-state index in [1.807, 2.05) is 0 Å². The van der Waals surface area contributed by atoms with Crippen molar-refractivity contribution in [2.75, 3.05) is 19.8 Å². The number of hydrogen-bond donors (Lipinski definition) is 0. The summed E-state index contributed by atoms with van der Waals surface area (Å²) < 4.78 is 16.2. The number of carbonyl (C=O) groups excluding carboxylic acids is 1. The lowest BCUT2D eigenvalue weighted by Crippen LogP contribution is -2.06. The fourth-order valence-electron chi connectivity index (χ4n) is 3.29. The number of carbonyl (C=O) groups is 1. The largest absolute Gasteiger partial charge is 0.381 e. The fraction of sp³-hybridized carbons (Fsp3) is 0.765. The van der Waals surface area contributed by atoms with Gasteiger partial charge in [0, 0.05) is 32.3 Å². The minimum Gasteiger partial charge on any atom is -0.381 e. The van der Waals surface area contributed by atoms with Crippen LogP contribution in [-0.4, -0.2) is 30.8 Å². The molecule has 1 aromatic rings. The summed E-state index contributed by atoms with van der Waals surface area (Å²) in [6.07, 6.45) is 7.63. The third kappa shape index (κ3) is 4.40. The van der Waals surface area contributed by atoms with Gasteiger partial charge in [0.2, 0.25) is 0 Å². The topological polar surface area (TPSA) is 61.6 Å². The lowest BCUT2D eigenvalue weighted by molar-refractivity contribution is 0.0733. The summed E-state index contributed by atoms with van der Waals surface area (Å²) in [5, 5.41) is 3.88. The van der Waals surface area contributed by atoms with Crippen LogP contribution in [0.3, 0.4) is 0 Å². The summed E-state index contributed by atoms with van der Waals surface area (Å²) in [4.78, 5) is 12.1. The van der Waals surface area contributed by atoms with Crippen LogP contribution < -0.4 is 0 Å². The van der Waals surface area contributed by atoms with E-state index in [-0.39, 0.29) is 5.78 Å². The van der Waals surface area contributed by atoms with E-state index in [1.54, 1.807) is 6.07 Å². The molecule has 0 aromatic carbocycles. The summed E-state index contributed by atoms with van der Waals surface area (Å²) >= 11 is 0. The smallest absolute Gasteiger partial charge is 0.184 e. The molecule has 2 fully saturated rings. The highest BCUT2D eigenvalue weighted by molar-refractivity contribution is 5.94. The molecule has 1 aromatic heterocycles. The molecule has 5 heteroatoms. The summed E-state index contributed by atoms with van der Waals surface area (Å²) in [6, 6.07) is 1.72. The maximum Gasteiger partial charge on any atom is 0.184 e. The molecule has 1 saturated carbocycles. The molecule has 1 aliphatic carbocycles. The molecule has 5 nitrogen and oxygen atoms in total. The van der Waals surface area contributed by atoms with Gasteiger partial charge in [-0.25, -0.2) is 0 Å². The van der Waals surface area contributed by atoms with E-state index < -0.39 is 0 Å². The van der Waals surface area contributed by atoms with Gasteiger partial charge >= 0.3 is 0 Å². The van der Waals surface area contributed by atoms with Gasteiger partial charge in [-0.1, -0.05) is 18.0 Å². The van der Waals surface area contributed by atoms with Gasteiger partial charge in [-0.15, -0.1) is 0 Å². The Bertz CT molecular complexity index is 473. The number of Topliss-reactive ketones (excluding diaryl/α,β-unsaturated/α-hetero) is 1. The quantitative estimate of drug-likeness (QED) is 0.689. The van der Waals surface area contributed by atoms with Crippen molar-refractivity contribution in [3.05, 3.63) is 17.5 Å². The van der Waals surface area contributed by atoms with E-state index in [4.69, 9.17) is 14.0 Å². The van der Waals surface area contributed by atoms with Crippen molar-refractivity contribution in [3.63, 3.8) is 0 Å². The third-order valence-corrected chi connectivity index (χ3v) is 4.72. The number of ketones is 1. The molecule has 2 aliphatic rings. The Labute approximate surface area is 131 Å². The van der Waals surface area contributed by atoms with Gasteiger partial charge in [0.15, 0.2) is 11.5 Å². The molecule has 0 radical (unpaired) electrons. The molecule has 22 heavy (non-hydrogen) atoms. The minimum absolute atomic E-state index is 0.0534. The Morgan fingerprint density at radius 1 is 1.27 bits per heavy atom. The van der Waals surface area contributed by atoms with E-state index in [2.05, 4.69) is 5.16 Å². The van der Waals surface area contributed by atoms with Gasteiger partial charge in [0.1, 0.15) is 12.3 Å². The molecule has 1 atom stereocenters. The van der Waals surface area contributed by atoms with Crippen LogP contribution in [0.2, 0.25) is 0 Å². The Morgan fingerprint density at radius 2 is 2.14 bits per heavy atom. The first-order valence-electron chi connectivity index (χ1n) is 8.45. The van der Waals surface area contributed by atoms with E-state index in [1.165, 1.54) is 25.7 Å². The van der Waals surface area contributed by atoms with Crippen LogP contribution in [0.1, 0.15) is 61.2 Å². The number of aromatic nitrogens is 1. The predicted octanol–water partition coefficient (Wildman–Crippen LogP) is 3.38. The molecule has 3 rings (SSSR count). The van der Waals surface area contributed by atoms with E-state index in [9.17, 15) is 4.79 Å². The summed E-state index contributed by atoms with van der Waals surface area (Å²) in [6.45, 7) is 2.80. The molecule has 122 valence electrons. The Morgan fingerprint density at radius 3 is 2.91 bits per heavy atom. The highest BCUT2D eigenvalue weighted by Crippen LogP contribution is 2.25. The molecule has 1 unspecified atom stereocenters. The number of rotatable bonds is 8. The molecule has 0 N–H and O–H groups in total. The van der Waals surface area contributed by atoms with Gasteiger partial charge in [-0.3, -0.25) is 4.79 Å². The zero-order chi connectivity index (χ0) is 15.2. The van der Waals surface area contributed by atoms with Gasteiger partial charge in [-0.05, 0) is 37.5 Å². The number of hydrogen-bond acceptors (Lipinski definition) is 5. The highest BCUT2D eigenvalue weighted by Gasteiger charge is 2.19. The normalized spacial score (nSPS) is 22.5. The van der Waals surface area contributed by atoms with Crippen molar-refractivity contribution in [2.45, 2.75) is 51.6 Å². The first-order chi connectivity index (χ1) is 10.8. The Kier molecular flexibility index (Phi) is 5.62. The standard InChI is InChI=1S/C17H25NO4/c19-17(6-5-14-7-8-20-10-14)16-9-15(22-18-16)12-21-11-13-3-1-2-4-13/h9,13-14H,1-8,10-12H2. The molecule has 0 bridgehead atoms. The van der Waals surface area contributed by atoms with Crippen molar-refractivity contribution >= 4 is 5.78 Å². The van der Waals surface area contributed by atoms with Gasteiger partial charge < -0.3 is 14.0 Å². The van der Waals surface area contributed by atoms with Crippen LogP contribution in [0.25, 0.3) is 0 Å². The van der Waals surface area contributed by atoms with E-state index in [0.29, 0.717) is 36.3 Å². The lowest BCUT2D eigenvalue weighted by atomic mass is 10.00. The first-order valence-corrected chi connectivity index (χ1v) is 8.45. The summed E-state index contributed by atoms with van der Waals surface area (Å²) in [5.41, 5.74) is 0.429. The first kappa shape index (κ1) is 15.7. The van der Waals surface area contributed by atoms with Crippen LogP contribution in [0.4, 0.5) is 0 Å². The lowest BCUT2D eigenvalue weighted by Gasteiger charge is -2.07. The molecular formula is C17H25NO4. The highest BCUT2D eigenvalue weighted by atomic mass is 16.5. The van der Waals surface area contributed by atoms with E-state index in [0.717, 1.165) is 32.7 Å². The Balaban J connectivity index is 1.38. The van der Waals surface area contributed by atoms with Gasteiger partial charge in [-0.2, -0.15) is 0 Å². The monoisotopic (exact) mass is 307 g/mol. The maximum atomic E-state index is 12.1. The van der Waals surface area contributed by atoms with Gasteiger partial charge in [0.05, 0.1) is 0 Å². The molecule has 0 spiro atoms. The number of nitrogens with zero attached hydrogens (tertiary/aromatic N) is 1. The van der Waals surface area contributed by atoms with Crippen LogP contribution in [0, 0.1) is 11.8 Å². The predicted molar refractivity (Wildman–Crippen MR) is 80.6 cm³/mol. The van der Waals surface area contributed by atoms with Crippen LogP contribution in [0.15, 0.2) is 10.6 Å². The molecular weight excluding hydrogens is 282 g/mol. The van der Waals surface area contributed by atoms with Crippen LogP contribution in [-0.2, 0) is 16.1 Å². The molecule has 0 amide bonds.